The molecular weight excluding hydrogens is 1880 g/mol. The molecule has 0 saturated heterocycles. The lowest BCUT2D eigenvalue weighted by molar-refractivity contribution is 0.381. The van der Waals surface area contributed by atoms with Crippen LogP contribution in [0, 0.1) is 116 Å². The van der Waals surface area contributed by atoms with E-state index in [0.717, 1.165) is 45.3 Å². The topological polar surface area (TPSA) is 0 Å². The molecule has 0 atom stereocenters. The summed E-state index contributed by atoms with van der Waals surface area (Å²) < 4.78 is 339. The van der Waals surface area contributed by atoms with Gasteiger partial charge in [0, 0.05) is 171 Å². The average molecular weight is 1910 g/mol. The first-order valence-corrected chi connectivity index (χ1v) is 46.2. The zero-order valence-corrected chi connectivity index (χ0v) is 71.6. The van der Waals surface area contributed by atoms with Crippen molar-refractivity contribution in [3.8, 4) is 89.0 Å². The second-order valence-corrected chi connectivity index (χ2v) is 40.1. The molecule has 0 radical (unpaired) electrons. The van der Waals surface area contributed by atoms with Gasteiger partial charge in [-0.15, -0.1) is 113 Å². The minimum atomic E-state index is -2.54. The quantitative estimate of drug-likeness (QED) is 0.0808. The molecule has 20 bridgehead atoms. The van der Waals surface area contributed by atoms with E-state index in [1.165, 1.54) is 71.2 Å². The van der Waals surface area contributed by atoms with Crippen LogP contribution >= 0.6 is 113 Å². The molecule has 30 heteroatoms. The number of benzene rings is 10. The summed E-state index contributed by atoms with van der Waals surface area (Å²) in [5.74, 6) is -47.7. The van der Waals surface area contributed by atoms with Crippen LogP contribution in [-0.4, -0.2) is 0 Å². The number of hydrogen-bond acceptors (Lipinski definition) is 10. The van der Waals surface area contributed by atoms with Gasteiger partial charge in [0.2, 0.25) is 23.3 Å². The molecule has 0 amide bonds. The number of rotatable bonds is 8. The standard InChI is InChI=1S/C98H36F20S10/c99-75-69(76(100)84(108)91(115)83(75)107)65-53-29-25-49(121-53)61(37-13-5-1-6-14-37)45-21-22-46(119-45)62(38-15-7-2-8-16-38)50-26-30-54(122-50)66(70-77(101)85(109)92(116)86(110)78(70)102)58-34-42-41-33-57(65)125-95(41)73-74(96(42)126-58)98-44-36-60(128-98)68(72-81(105)89(113)94(118)90(114)82(72)106)56-32-28-52(124-56)64(40-19-11-4-12-20-40)48-24-23-47(120-48)63(39-17-9-3-10-18-39)51-27-31-55(123-51)67(59-35-43(44)97(73)127-59)71-79(103)87(111)93(117)88(112)80(71)104/h1-36H. The van der Waals surface area contributed by atoms with Crippen molar-refractivity contribution in [2.24, 2.45) is 0 Å². The average Bonchev–Trinajstić information content (AvgIpc) is 1.52. The second-order valence-electron chi connectivity index (χ2n) is 29.4. The maximum absolute atomic E-state index is 17.7. The monoisotopic (exact) mass is 1910 g/mol. The summed E-state index contributed by atoms with van der Waals surface area (Å²) in [6.07, 6.45) is 0. The van der Waals surface area contributed by atoms with Crippen LogP contribution in [0.2, 0.25) is 0 Å². The Bertz CT molecular complexity index is 7760. The molecule has 22 aromatic rings. The second kappa shape index (κ2) is 30.9. The molecule has 0 aliphatic carbocycles. The molecule has 12 aromatic heterocycles. The summed E-state index contributed by atoms with van der Waals surface area (Å²) in [5.41, 5.74) is -4.35. The zero-order valence-electron chi connectivity index (χ0n) is 63.4. The van der Waals surface area contributed by atoms with Crippen LogP contribution in [-0.2, 0) is 0 Å². The van der Waals surface area contributed by atoms with Crippen LogP contribution < -0.4 is 0 Å². The van der Waals surface area contributed by atoms with Crippen molar-refractivity contribution < 1.29 is 87.8 Å². The van der Waals surface area contributed by atoms with E-state index in [4.69, 9.17) is 0 Å². The van der Waals surface area contributed by atoms with Crippen molar-refractivity contribution in [3.05, 3.63) is 335 Å². The van der Waals surface area contributed by atoms with E-state index >= 15 is 87.8 Å². The van der Waals surface area contributed by atoms with Gasteiger partial charge in [-0.3, -0.25) is 0 Å². The predicted molar refractivity (Wildman–Crippen MR) is 488 cm³/mol. The lowest BCUT2D eigenvalue weighted by Gasteiger charge is -2.09. The van der Waals surface area contributed by atoms with Crippen molar-refractivity contribution >= 4 is 240 Å². The third-order valence-corrected chi connectivity index (χ3v) is 33.7. The van der Waals surface area contributed by atoms with Crippen LogP contribution in [0.15, 0.2) is 218 Å². The smallest absolute Gasteiger partial charge is 0.200 e. The molecule has 0 unspecified atom stereocenters. The Morgan fingerprint density at radius 1 is 0.125 bits per heavy atom. The Morgan fingerprint density at radius 3 is 0.422 bits per heavy atom. The SMILES string of the molecule is Fc1c(F)c(F)c(-c2c3ccc(s3)c(-c3ccccc3)c3ccc(s3)c(-c3ccccc3)c3ccc(s3)c(-c3c(F)c(F)c(F)c(F)c3F)c3cc4c5cc2sc5c2c5sc6cc5c5cc(sc5c2c4s3)c(-c2c(F)c(F)c(F)c(F)c2F)c2ccc(s2)c(-c2ccccc2)c2ccc(s2)c(-c2ccccc2)c2ccc(s2)c6-c2c(F)c(F)c(F)c(F)c2F)c(F)c1F. The fraction of sp³-hybridized carbons (Fsp3) is 0. The van der Waals surface area contributed by atoms with E-state index in [9.17, 15) is 0 Å². The zero-order chi connectivity index (χ0) is 88.3. The van der Waals surface area contributed by atoms with Crippen LogP contribution in [0.1, 0.15) is 0 Å². The van der Waals surface area contributed by atoms with Gasteiger partial charge >= 0.3 is 0 Å². The Morgan fingerprint density at radius 2 is 0.266 bits per heavy atom. The molecule has 0 nitrogen and oxygen atoms in total. The Labute approximate surface area is 745 Å². The summed E-state index contributed by atoms with van der Waals surface area (Å²) in [6, 6.07) is 59.2. The Balaban J connectivity index is 1.04. The summed E-state index contributed by atoms with van der Waals surface area (Å²) >= 11 is 8.48. The highest BCUT2D eigenvalue weighted by Gasteiger charge is 2.37. The number of halogens is 20. The Kier molecular flexibility index (Phi) is 19.8. The summed E-state index contributed by atoms with van der Waals surface area (Å²) in [4.78, 5) is 0. The van der Waals surface area contributed by atoms with Gasteiger partial charge in [0.05, 0.1) is 22.3 Å². The van der Waals surface area contributed by atoms with E-state index in [0.29, 0.717) is 127 Å². The van der Waals surface area contributed by atoms with Gasteiger partial charge in [0.1, 0.15) is 0 Å². The fourth-order valence-corrected chi connectivity index (χ4v) is 29.5. The predicted octanol–water partition coefficient (Wildman–Crippen LogP) is 36.8. The molecule has 128 heavy (non-hydrogen) atoms. The van der Waals surface area contributed by atoms with E-state index < -0.39 is 161 Å². The van der Waals surface area contributed by atoms with Crippen molar-refractivity contribution in [2.45, 2.75) is 0 Å². The van der Waals surface area contributed by atoms with Crippen molar-refractivity contribution in [1.29, 1.82) is 0 Å². The minimum Gasteiger partial charge on any atom is -0.203 e. The molecular formula is C98H36F20S10. The molecule has 628 valence electrons. The fourth-order valence-electron chi connectivity index (χ4n) is 16.7. The van der Waals surface area contributed by atoms with Crippen LogP contribution in [0.3, 0.4) is 0 Å². The van der Waals surface area contributed by atoms with Crippen molar-refractivity contribution in [1.82, 2.24) is 0 Å². The van der Waals surface area contributed by atoms with E-state index in [1.54, 1.807) is 170 Å². The van der Waals surface area contributed by atoms with Gasteiger partial charge in [-0.25, -0.2) is 87.8 Å². The molecule has 22 rings (SSSR count). The van der Waals surface area contributed by atoms with Gasteiger partial charge < -0.3 is 0 Å². The van der Waals surface area contributed by atoms with Crippen LogP contribution in [0.25, 0.3) is 215 Å². The highest BCUT2D eigenvalue weighted by Crippen LogP contribution is 2.59. The van der Waals surface area contributed by atoms with Gasteiger partial charge in [0.25, 0.3) is 0 Å². The number of thiophene rings is 10. The summed E-state index contributed by atoms with van der Waals surface area (Å²) in [6.45, 7) is 0. The summed E-state index contributed by atoms with van der Waals surface area (Å²) in [7, 11) is 0. The lowest BCUT2D eigenvalue weighted by atomic mass is 9.98. The van der Waals surface area contributed by atoms with Gasteiger partial charge in [-0.05, 0) is 119 Å². The highest BCUT2D eigenvalue weighted by atomic mass is 32.1. The molecule has 0 spiro atoms. The molecule has 12 heterocycles. The molecule has 10 aromatic carbocycles. The maximum Gasteiger partial charge on any atom is 0.200 e. The van der Waals surface area contributed by atoms with E-state index in [-0.39, 0.29) is 88.7 Å². The number of hydrogen-bond donors (Lipinski definition) is 0. The first kappa shape index (κ1) is 81.8. The molecule has 0 N–H and O–H groups in total. The maximum atomic E-state index is 17.7. The summed E-state index contributed by atoms with van der Waals surface area (Å²) in [5, 5.41) is -0.462. The van der Waals surface area contributed by atoms with Crippen molar-refractivity contribution in [2.75, 3.05) is 0 Å². The van der Waals surface area contributed by atoms with Gasteiger partial charge in [-0.2, -0.15) is 0 Å². The van der Waals surface area contributed by atoms with Gasteiger partial charge in [-0.1, -0.05) is 121 Å². The minimum absolute atomic E-state index is 0.0710. The highest BCUT2D eigenvalue weighted by molar-refractivity contribution is 7.34. The largest absolute Gasteiger partial charge is 0.203 e. The lowest BCUT2D eigenvalue weighted by Crippen LogP contribution is -2.03. The molecule has 0 saturated carbocycles. The van der Waals surface area contributed by atoms with Crippen LogP contribution in [0.5, 0.6) is 0 Å². The Hall–Kier alpha value is -11.9. The third kappa shape index (κ3) is 12.5. The van der Waals surface area contributed by atoms with E-state index in [1.807, 2.05) is 0 Å². The molecule has 0 fully saturated rings. The first-order valence-electron chi connectivity index (χ1n) is 38.0. The molecule has 0 aliphatic heterocycles. The van der Waals surface area contributed by atoms with Crippen LogP contribution in [0.4, 0.5) is 87.8 Å². The number of fused-ring (bicyclic) bond motifs is 21. The van der Waals surface area contributed by atoms with Crippen molar-refractivity contribution in [3.63, 3.8) is 0 Å². The van der Waals surface area contributed by atoms with E-state index in [2.05, 4.69) is 0 Å². The normalized spacial score (nSPS) is 12.1. The first-order chi connectivity index (χ1) is 61.8. The third-order valence-electron chi connectivity index (χ3n) is 22.3. The molecule has 0 aliphatic rings. The van der Waals surface area contributed by atoms with Gasteiger partial charge in [0.15, 0.2) is 93.1 Å².